The van der Waals surface area contributed by atoms with Crippen molar-refractivity contribution in [2.24, 2.45) is 0 Å². The van der Waals surface area contributed by atoms with E-state index in [4.69, 9.17) is 14.2 Å². The third-order valence-electron chi connectivity index (χ3n) is 1.74. The summed E-state index contributed by atoms with van der Waals surface area (Å²) in [5.74, 6) is 0. The van der Waals surface area contributed by atoms with Crippen LogP contribution in [0.4, 0.5) is 0 Å². The zero-order chi connectivity index (χ0) is 9.36. The van der Waals surface area contributed by atoms with E-state index in [9.17, 15) is 0 Å². The number of epoxide rings is 1. The van der Waals surface area contributed by atoms with Crippen LogP contribution in [0.15, 0.2) is 12.3 Å². The van der Waals surface area contributed by atoms with Crippen molar-refractivity contribution in [2.75, 3.05) is 26.4 Å². The van der Waals surface area contributed by atoms with Crippen molar-refractivity contribution >= 4 is 0 Å². The van der Waals surface area contributed by atoms with Gasteiger partial charge >= 0.3 is 0 Å². The van der Waals surface area contributed by atoms with E-state index >= 15 is 0 Å². The molecule has 1 unspecified atom stereocenters. The van der Waals surface area contributed by atoms with Crippen LogP contribution in [-0.4, -0.2) is 32.5 Å². The zero-order valence-electron chi connectivity index (χ0n) is 8.20. The minimum atomic E-state index is 0.388. The maximum atomic E-state index is 5.37. The number of hydrogen-bond donors (Lipinski definition) is 0. The molecule has 0 radical (unpaired) electrons. The number of rotatable bonds is 8. The van der Waals surface area contributed by atoms with Gasteiger partial charge in [0.2, 0.25) is 0 Å². The smallest absolute Gasteiger partial charge is 0.104 e. The molecule has 0 spiro atoms. The molecule has 1 atom stereocenters. The molecule has 3 heteroatoms. The van der Waals surface area contributed by atoms with Gasteiger partial charge in [0.1, 0.15) is 6.10 Å². The topological polar surface area (TPSA) is 31.0 Å². The molecule has 1 heterocycles. The third kappa shape index (κ3) is 6.61. The van der Waals surface area contributed by atoms with Gasteiger partial charge in [-0.15, -0.1) is 0 Å². The van der Waals surface area contributed by atoms with E-state index in [0.29, 0.717) is 6.10 Å². The van der Waals surface area contributed by atoms with Crippen molar-refractivity contribution in [1.82, 2.24) is 0 Å². The highest BCUT2D eigenvalue weighted by Gasteiger charge is 2.21. The maximum Gasteiger partial charge on any atom is 0.104 e. The monoisotopic (exact) mass is 186 g/mol. The molecule has 0 aromatic carbocycles. The molecule has 1 fully saturated rings. The van der Waals surface area contributed by atoms with Crippen LogP contribution in [0.5, 0.6) is 0 Å². The van der Waals surface area contributed by atoms with Gasteiger partial charge in [-0.2, -0.15) is 0 Å². The Labute approximate surface area is 79.7 Å². The quantitative estimate of drug-likeness (QED) is 0.328. The predicted octanol–water partition coefficient (Wildman–Crippen LogP) is 1.73. The normalized spacial score (nSPS) is 20.8. The Morgan fingerprint density at radius 1 is 1.38 bits per heavy atom. The summed E-state index contributed by atoms with van der Waals surface area (Å²) in [6, 6.07) is 0. The van der Waals surface area contributed by atoms with Gasteiger partial charge in [0.05, 0.1) is 26.1 Å². The molecule has 76 valence electrons. The first-order valence-corrected chi connectivity index (χ1v) is 4.85. The largest absolute Gasteiger partial charge is 0.502 e. The SMILES string of the molecule is CC=COCCCCOCC1CO1. The van der Waals surface area contributed by atoms with Crippen molar-refractivity contribution in [3.8, 4) is 0 Å². The maximum absolute atomic E-state index is 5.37. The Balaban J connectivity index is 1.68. The molecule has 0 aliphatic carbocycles. The van der Waals surface area contributed by atoms with E-state index in [1.165, 1.54) is 0 Å². The first-order valence-electron chi connectivity index (χ1n) is 4.85. The molecular formula is C10H18O3. The van der Waals surface area contributed by atoms with Crippen LogP contribution in [-0.2, 0) is 14.2 Å². The summed E-state index contributed by atoms with van der Waals surface area (Å²) < 4.78 is 15.5. The van der Waals surface area contributed by atoms with Gasteiger partial charge in [-0.05, 0) is 19.8 Å². The highest BCUT2D eigenvalue weighted by atomic mass is 16.6. The number of allylic oxidation sites excluding steroid dienone is 1. The number of unbranched alkanes of at least 4 members (excludes halogenated alkanes) is 1. The van der Waals surface area contributed by atoms with Crippen molar-refractivity contribution in [3.05, 3.63) is 12.3 Å². The fourth-order valence-corrected chi connectivity index (χ4v) is 0.933. The van der Waals surface area contributed by atoms with E-state index in [1.54, 1.807) is 6.26 Å². The first-order chi connectivity index (χ1) is 6.43. The van der Waals surface area contributed by atoms with Crippen LogP contribution in [0.1, 0.15) is 19.8 Å². The Kier molecular flexibility index (Phi) is 5.61. The van der Waals surface area contributed by atoms with Gasteiger partial charge in [-0.25, -0.2) is 0 Å². The highest BCUT2D eigenvalue weighted by Crippen LogP contribution is 2.08. The molecule has 0 aromatic heterocycles. The predicted molar refractivity (Wildman–Crippen MR) is 50.6 cm³/mol. The van der Waals surface area contributed by atoms with Gasteiger partial charge in [-0.3, -0.25) is 0 Å². The van der Waals surface area contributed by atoms with E-state index < -0.39 is 0 Å². The van der Waals surface area contributed by atoms with E-state index in [0.717, 1.165) is 39.3 Å². The number of ether oxygens (including phenoxy) is 3. The lowest BCUT2D eigenvalue weighted by molar-refractivity contribution is 0.108. The lowest BCUT2D eigenvalue weighted by atomic mass is 10.3. The van der Waals surface area contributed by atoms with Gasteiger partial charge in [0.25, 0.3) is 0 Å². The zero-order valence-corrected chi connectivity index (χ0v) is 8.20. The Bertz CT molecular complexity index is 141. The summed E-state index contributed by atoms with van der Waals surface area (Å²) >= 11 is 0. The van der Waals surface area contributed by atoms with Gasteiger partial charge in [0, 0.05) is 6.61 Å². The van der Waals surface area contributed by atoms with E-state index in [2.05, 4.69) is 0 Å². The molecule has 1 saturated heterocycles. The summed E-state index contributed by atoms with van der Waals surface area (Å²) in [6.07, 6.45) is 6.11. The second-order valence-corrected chi connectivity index (χ2v) is 3.08. The van der Waals surface area contributed by atoms with Gasteiger partial charge in [0.15, 0.2) is 0 Å². The van der Waals surface area contributed by atoms with Crippen LogP contribution in [0.3, 0.4) is 0 Å². The van der Waals surface area contributed by atoms with Crippen LogP contribution in [0.25, 0.3) is 0 Å². The Hall–Kier alpha value is -0.540. The molecule has 0 amide bonds. The molecule has 1 aliphatic rings. The minimum absolute atomic E-state index is 0.388. The molecule has 1 aliphatic heterocycles. The van der Waals surface area contributed by atoms with Crippen molar-refractivity contribution in [1.29, 1.82) is 0 Å². The molecule has 13 heavy (non-hydrogen) atoms. The second-order valence-electron chi connectivity index (χ2n) is 3.08. The minimum Gasteiger partial charge on any atom is -0.502 e. The average molecular weight is 186 g/mol. The van der Waals surface area contributed by atoms with Gasteiger partial charge < -0.3 is 14.2 Å². The lowest BCUT2D eigenvalue weighted by Crippen LogP contribution is -2.03. The van der Waals surface area contributed by atoms with E-state index in [-0.39, 0.29) is 0 Å². The summed E-state index contributed by atoms with van der Waals surface area (Å²) in [7, 11) is 0. The van der Waals surface area contributed by atoms with Crippen molar-refractivity contribution in [3.63, 3.8) is 0 Å². The lowest BCUT2D eigenvalue weighted by Gasteiger charge is -2.02. The van der Waals surface area contributed by atoms with Crippen molar-refractivity contribution in [2.45, 2.75) is 25.9 Å². The molecule has 0 bridgehead atoms. The molecule has 3 nitrogen and oxygen atoms in total. The molecule has 1 rings (SSSR count). The van der Waals surface area contributed by atoms with Crippen molar-refractivity contribution < 1.29 is 14.2 Å². The van der Waals surface area contributed by atoms with Crippen LogP contribution >= 0.6 is 0 Å². The summed E-state index contributed by atoms with van der Waals surface area (Å²) in [6.45, 7) is 5.19. The fraction of sp³-hybridized carbons (Fsp3) is 0.800. The summed E-state index contributed by atoms with van der Waals surface area (Å²) in [5.41, 5.74) is 0. The Morgan fingerprint density at radius 2 is 2.15 bits per heavy atom. The number of hydrogen-bond acceptors (Lipinski definition) is 3. The fourth-order valence-electron chi connectivity index (χ4n) is 0.933. The highest BCUT2D eigenvalue weighted by molar-refractivity contribution is 4.67. The second kappa shape index (κ2) is 6.92. The summed E-state index contributed by atoms with van der Waals surface area (Å²) in [4.78, 5) is 0. The van der Waals surface area contributed by atoms with Gasteiger partial charge in [-0.1, -0.05) is 6.08 Å². The van der Waals surface area contributed by atoms with E-state index in [1.807, 2.05) is 13.0 Å². The molecule has 0 aromatic rings. The Morgan fingerprint density at radius 3 is 2.85 bits per heavy atom. The molecular weight excluding hydrogens is 168 g/mol. The third-order valence-corrected chi connectivity index (χ3v) is 1.74. The average Bonchev–Trinajstić information content (AvgIpc) is 2.93. The van der Waals surface area contributed by atoms with Crippen LogP contribution in [0, 0.1) is 0 Å². The molecule has 0 N–H and O–H groups in total. The standard InChI is InChI=1S/C10H18O3/c1-2-5-11-6-3-4-7-12-8-10-9-13-10/h2,5,10H,3-4,6-9H2,1H3. The molecule has 0 saturated carbocycles. The summed E-state index contributed by atoms with van der Waals surface area (Å²) in [5, 5.41) is 0. The van der Waals surface area contributed by atoms with Crippen LogP contribution < -0.4 is 0 Å². The van der Waals surface area contributed by atoms with Crippen LogP contribution in [0.2, 0.25) is 0 Å². The first kappa shape index (κ1) is 10.5.